The van der Waals surface area contributed by atoms with Gasteiger partial charge in [-0.1, -0.05) is 0 Å². The number of carbonyl (C=O) groups is 2. The number of fused-ring (bicyclic) bond motifs is 1. The summed E-state index contributed by atoms with van der Waals surface area (Å²) in [5.74, 6) is -1.00. The molecule has 1 aliphatic rings. The first kappa shape index (κ1) is 20.7. The number of hydrogen-bond donors (Lipinski definition) is 2. The van der Waals surface area contributed by atoms with Gasteiger partial charge in [-0.15, -0.1) is 11.3 Å². The fourth-order valence-electron chi connectivity index (χ4n) is 2.89. The van der Waals surface area contributed by atoms with E-state index in [0.29, 0.717) is 37.8 Å². The summed E-state index contributed by atoms with van der Waals surface area (Å²) < 4.78 is 12.0. The number of aliphatic carboxylic acids is 1. The third-order valence-corrected chi connectivity index (χ3v) is 5.69. The zero-order valence-corrected chi connectivity index (χ0v) is 17.3. The van der Waals surface area contributed by atoms with Crippen molar-refractivity contribution in [3.8, 4) is 11.6 Å². The molecule has 3 rings (SSSR count). The molecular formula is C19H18N2O6S2. The van der Waals surface area contributed by atoms with Crippen LogP contribution in [0.5, 0.6) is 11.6 Å². The topological polar surface area (TPSA) is 110 Å². The van der Waals surface area contributed by atoms with E-state index in [-0.39, 0.29) is 24.6 Å². The highest BCUT2D eigenvalue weighted by Crippen LogP contribution is 2.40. The summed E-state index contributed by atoms with van der Waals surface area (Å²) >= 11 is 6.46. The van der Waals surface area contributed by atoms with Crippen molar-refractivity contribution in [1.82, 2.24) is 4.57 Å². The molecule has 2 heterocycles. The van der Waals surface area contributed by atoms with Gasteiger partial charge in [-0.25, -0.2) is 9.79 Å². The molecule has 0 unspecified atom stereocenters. The quantitative estimate of drug-likeness (QED) is 0.505. The summed E-state index contributed by atoms with van der Waals surface area (Å²) in [7, 11) is 2.81. The summed E-state index contributed by atoms with van der Waals surface area (Å²) in [5, 5.41) is 19.4. The molecule has 2 N–H and O–H groups in total. The number of aromatic nitrogens is 1. The van der Waals surface area contributed by atoms with Crippen molar-refractivity contribution in [1.29, 1.82) is 0 Å². The van der Waals surface area contributed by atoms with Gasteiger partial charge in [0, 0.05) is 24.1 Å². The molecule has 1 aromatic carbocycles. The Balaban J connectivity index is 2.04. The number of aromatic hydroxyl groups is 1. The van der Waals surface area contributed by atoms with Crippen LogP contribution in [0.3, 0.4) is 0 Å². The normalized spacial score (nSPS) is 13.9. The summed E-state index contributed by atoms with van der Waals surface area (Å²) in [6.07, 6.45) is 1.93. The van der Waals surface area contributed by atoms with Crippen molar-refractivity contribution < 1.29 is 29.3 Å². The molecule has 0 aliphatic carbocycles. The first-order chi connectivity index (χ1) is 13.8. The van der Waals surface area contributed by atoms with Crippen LogP contribution in [0.25, 0.3) is 11.6 Å². The number of rotatable bonds is 7. The van der Waals surface area contributed by atoms with Crippen LogP contribution in [0.4, 0.5) is 5.69 Å². The molecule has 1 aromatic heterocycles. The van der Waals surface area contributed by atoms with Gasteiger partial charge in [0.2, 0.25) is 5.88 Å². The zero-order chi connectivity index (χ0) is 21.1. The smallest absolute Gasteiger partial charge is 0.357 e. The van der Waals surface area contributed by atoms with Crippen molar-refractivity contribution in [2.45, 2.75) is 19.4 Å². The van der Waals surface area contributed by atoms with Gasteiger partial charge < -0.3 is 19.7 Å². The summed E-state index contributed by atoms with van der Waals surface area (Å²) in [4.78, 5) is 27.7. The summed E-state index contributed by atoms with van der Waals surface area (Å²) in [5.41, 5.74) is 1.85. The largest absolute Gasteiger partial charge is 0.497 e. The average molecular weight is 434 g/mol. The third kappa shape index (κ3) is 4.22. The van der Waals surface area contributed by atoms with Crippen molar-refractivity contribution in [2.24, 2.45) is 4.99 Å². The van der Waals surface area contributed by atoms with Crippen molar-refractivity contribution in [2.75, 3.05) is 14.2 Å². The van der Waals surface area contributed by atoms with E-state index in [1.54, 1.807) is 24.3 Å². The molecule has 0 spiro atoms. The van der Waals surface area contributed by atoms with Crippen LogP contribution in [-0.4, -0.2) is 46.7 Å². The molecular weight excluding hydrogens is 416 g/mol. The lowest BCUT2D eigenvalue weighted by molar-refractivity contribution is -0.137. The molecule has 0 radical (unpaired) electrons. The molecule has 0 saturated carbocycles. The highest BCUT2D eigenvalue weighted by Gasteiger charge is 2.28. The minimum absolute atomic E-state index is 0.0280. The molecule has 2 aromatic rings. The van der Waals surface area contributed by atoms with E-state index >= 15 is 0 Å². The predicted octanol–water partition coefficient (Wildman–Crippen LogP) is 3.66. The third-order valence-electron chi connectivity index (χ3n) is 4.30. The van der Waals surface area contributed by atoms with Crippen molar-refractivity contribution >= 4 is 58.5 Å². The first-order valence-corrected chi connectivity index (χ1v) is 9.80. The van der Waals surface area contributed by atoms with Crippen LogP contribution < -0.4 is 4.74 Å². The highest BCUT2D eigenvalue weighted by molar-refractivity contribution is 7.73. The number of benzene rings is 1. The lowest BCUT2D eigenvalue weighted by atomic mass is 10.0. The Bertz CT molecular complexity index is 1100. The van der Waals surface area contributed by atoms with Crippen LogP contribution in [-0.2, 0) is 20.9 Å². The Hall–Kier alpha value is -2.98. The Morgan fingerprint density at radius 3 is 2.76 bits per heavy atom. The van der Waals surface area contributed by atoms with Gasteiger partial charge in [-0.3, -0.25) is 9.36 Å². The lowest BCUT2D eigenvalue weighted by Gasteiger charge is -2.06. The lowest BCUT2D eigenvalue weighted by Crippen LogP contribution is -2.14. The second kappa shape index (κ2) is 8.58. The van der Waals surface area contributed by atoms with Gasteiger partial charge in [0.05, 0.1) is 24.8 Å². The molecule has 8 nitrogen and oxygen atoms in total. The van der Waals surface area contributed by atoms with E-state index in [2.05, 4.69) is 4.99 Å². The number of esters is 1. The zero-order valence-electron chi connectivity index (χ0n) is 15.7. The summed E-state index contributed by atoms with van der Waals surface area (Å²) in [6.45, 7) is 0.277. The monoisotopic (exact) mass is 434 g/mol. The Morgan fingerprint density at radius 1 is 1.34 bits per heavy atom. The number of ether oxygens (including phenoxy) is 2. The van der Waals surface area contributed by atoms with Crippen molar-refractivity contribution in [3.05, 3.63) is 32.6 Å². The fraction of sp³-hybridized carbons (Fsp3) is 0.263. The Labute approximate surface area is 175 Å². The van der Waals surface area contributed by atoms with Gasteiger partial charge in [-0.05, 0) is 42.9 Å². The van der Waals surface area contributed by atoms with Gasteiger partial charge in [-0.2, -0.15) is 0 Å². The number of carboxylic acids is 1. The van der Waals surface area contributed by atoms with Crippen LogP contribution in [0.1, 0.15) is 23.3 Å². The molecule has 0 saturated heterocycles. The minimum atomic E-state index is -0.913. The molecule has 0 fully saturated rings. The Morgan fingerprint density at radius 2 is 2.10 bits per heavy atom. The average Bonchev–Trinajstić information content (AvgIpc) is 3.19. The maximum absolute atomic E-state index is 12.2. The van der Waals surface area contributed by atoms with Crippen LogP contribution in [0.15, 0.2) is 23.2 Å². The van der Waals surface area contributed by atoms with Crippen LogP contribution in [0, 0.1) is 3.95 Å². The molecule has 0 atom stereocenters. The maximum Gasteiger partial charge on any atom is 0.357 e. The second-order valence-electron chi connectivity index (χ2n) is 6.10. The SMILES string of the molecule is COC(=O)C1=Nc2ccc(OC)cc2/C1=C\c1sc(=S)n(CCCC(=O)O)c1O. The van der Waals surface area contributed by atoms with Gasteiger partial charge in [0.25, 0.3) is 0 Å². The molecule has 0 amide bonds. The van der Waals surface area contributed by atoms with Gasteiger partial charge in [0.15, 0.2) is 9.67 Å². The number of thiazole rings is 1. The second-order valence-corrected chi connectivity index (χ2v) is 7.77. The highest BCUT2D eigenvalue weighted by atomic mass is 32.1. The summed E-state index contributed by atoms with van der Waals surface area (Å²) in [6, 6.07) is 5.22. The van der Waals surface area contributed by atoms with E-state index in [9.17, 15) is 14.7 Å². The van der Waals surface area contributed by atoms with Crippen molar-refractivity contribution in [3.63, 3.8) is 0 Å². The Kier molecular flexibility index (Phi) is 6.14. The molecule has 29 heavy (non-hydrogen) atoms. The molecule has 0 bridgehead atoms. The van der Waals surface area contributed by atoms with Crippen LogP contribution >= 0.6 is 23.6 Å². The number of aliphatic imine (C=N–C) groups is 1. The van der Waals surface area contributed by atoms with E-state index in [1.807, 2.05) is 0 Å². The van der Waals surface area contributed by atoms with Gasteiger partial charge >= 0.3 is 11.9 Å². The maximum atomic E-state index is 12.2. The van der Waals surface area contributed by atoms with Gasteiger partial charge in [0.1, 0.15) is 5.75 Å². The van der Waals surface area contributed by atoms with E-state index in [1.165, 1.54) is 18.8 Å². The van der Waals surface area contributed by atoms with Crippen LogP contribution in [0.2, 0.25) is 0 Å². The fourth-order valence-corrected chi connectivity index (χ4v) is 4.19. The predicted molar refractivity (Wildman–Crippen MR) is 112 cm³/mol. The number of hydrogen-bond acceptors (Lipinski definition) is 8. The molecule has 10 heteroatoms. The first-order valence-electron chi connectivity index (χ1n) is 8.57. The number of carbonyl (C=O) groups excluding carboxylic acids is 1. The number of methoxy groups -OCH3 is 2. The van der Waals surface area contributed by atoms with E-state index in [0.717, 1.165) is 11.3 Å². The number of carboxylic acid groups (broad SMARTS) is 1. The standard InChI is InChI=1S/C19H18N2O6S2/c1-26-10-5-6-13-11(8-10)12(16(20-13)18(25)27-2)9-14-17(24)21(19(28)29-14)7-3-4-15(22)23/h5-6,8-9,24H,3-4,7H2,1-2H3,(H,22,23)/b12-9+. The van der Waals surface area contributed by atoms with E-state index in [4.69, 9.17) is 26.8 Å². The minimum Gasteiger partial charge on any atom is -0.497 e. The molecule has 1 aliphatic heterocycles. The van der Waals surface area contributed by atoms with E-state index < -0.39 is 11.9 Å². The molecule has 152 valence electrons. The number of nitrogens with zero attached hydrogens (tertiary/aromatic N) is 2.